The largest absolute Gasteiger partial charge is 0.491 e. The second-order valence-electron chi connectivity index (χ2n) is 4.58. The van der Waals surface area contributed by atoms with Crippen LogP contribution in [0.4, 0.5) is 0 Å². The fourth-order valence-corrected chi connectivity index (χ4v) is 2.42. The van der Waals surface area contributed by atoms with Crippen LogP contribution in [0.2, 0.25) is 0 Å². The van der Waals surface area contributed by atoms with E-state index >= 15 is 0 Å². The molecule has 0 aliphatic heterocycles. The SMILES string of the molecule is Cc1ccc(OCC(O)CSc2cc(C#N)ccn2)cc1. The van der Waals surface area contributed by atoms with Gasteiger partial charge in [0.1, 0.15) is 12.4 Å². The Bertz CT molecular complexity index is 623. The molecule has 0 saturated carbocycles. The molecule has 0 aliphatic carbocycles. The number of benzene rings is 1. The summed E-state index contributed by atoms with van der Waals surface area (Å²) in [6.07, 6.45) is 1.000. The van der Waals surface area contributed by atoms with Gasteiger partial charge in [0.15, 0.2) is 0 Å². The predicted molar refractivity (Wildman–Crippen MR) is 82.4 cm³/mol. The first-order chi connectivity index (χ1) is 10.2. The summed E-state index contributed by atoms with van der Waals surface area (Å²) in [5, 5.41) is 19.5. The van der Waals surface area contributed by atoms with Crippen molar-refractivity contribution in [3.05, 3.63) is 53.7 Å². The maximum absolute atomic E-state index is 9.91. The molecule has 4 nitrogen and oxygen atoms in total. The Morgan fingerprint density at radius 2 is 2.10 bits per heavy atom. The molecule has 0 bridgehead atoms. The van der Waals surface area contributed by atoms with Gasteiger partial charge >= 0.3 is 0 Å². The fraction of sp³-hybridized carbons (Fsp3) is 0.250. The monoisotopic (exact) mass is 300 g/mol. The number of thioether (sulfide) groups is 1. The predicted octanol–water partition coefficient (Wildman–Crippen LogP) is 2.79. The van der Waals surface area contributed by atoms with Gasteiger partial charge in [0, 0.05) is 11.9 Å². The zero-order valence-corrected chi connectivity index (χ0v) is 12.5. The van der Waals surface area contributed by atoms with Crippen molar-refractivity contribution in [3.63, 3.8) is 0 Å². The second kappa shape index (κ2) is 7.67. The number of hydrogen-bond acceptors (Lipinski definition) is 5. The van der Waals surface area contributed by atoms with Gasteiger partial charge in [0.2, 0.25) is 0 Å². The number of ether oxygens (including phenoxy) is 1. The Balaban J connectivity index is 1.78. The van der Waals surface area contributed by atoms with Crippen LogP contribution < -0.4 is 4.74 Å². The molecule has 1 aromatic carbocycles. The standard InChI is InChI=1S/C16H16N2O2S/c1-12-2-4-15(5-3-12)20-10-14(19)11-21-16-8-13(9-17)6-7-18-16/h2-8,14,19H,10-11H2,1H3. The summed E-state index contributed by atoms with van der Waals surface area (Å²) in [4.78, 5) is 4.15. The minimum atomic E-state index is -0.594. The number of rotatable bonds is 6. The lowest BCUT2D eigenvalue weighted by atomic mass is 10.2. The molecule has 108 valence electrons. The second-order valence-corrected chi connectivity index (χ2v) is 5.62. The highest BCUT2D eigenvalue weighted by molar-refractivity contribution is 7.99. The summed E-state index contributed by atoms with van der Waals surface area (Å²) in [6, 6.07) is 13.1. The molecule has 0 fully saturated rings. The average molecular weight is 300 g/mol. The fourth-order valence-electron chi connectivity index (χ4n) is 1.61. The van der Waals surface area contributed by atoms with Crippen LogP contribution in [0.5, 0.6) is 5.75 Å². The lowest BCUT2D eigenvalue weighted by molar-refractivity contribution is 0.126. The molecule has 0 aliphatic rings. The van der Waals surface area contributed by atoms with Gasteiger partial charge in [-0.2, -0.15) is 5.26 Å². The van der Waals surface area contributed by atoms with Crippen LogP contribution in [-0.2, 0) is 0 Å². The third-order valence-electron chi connectivity index (χ3n) is 2.75. The van der Waals surface area contributed by atoms with Gasteiger partial charge < -0.3 is 9.84 Å². The number of nitriles is 1. The Morgan fingerprint density at radius 1 is 1.33 bits per heavy atom. The van der Waals surface area contributed by atoms with E-state index in [0.717, 1.165) is 10.8 Å². The quantitative estimate of drug-likeness (QED) is 0.831. The van der Waals surface area contributed by atoms with E-state index in [9.17, 15) is 5.11 Å². The van der Waals surface area contributed by atoms with Crippen molar-refractivity contribution in [1.82, 2.24) is 4.98 Å². The molecule has 1 N–H and O–H groups in total. The Labute approximate surface area is 128 Å². The number of aliphatic hydroxyl groups is 1. The van der Waals surface area contributed by atoms with E-state index in [4.69, 9.17) is 10.00 Å². The molecular formula is C16H16N2O2S. The molecule has 1 aromatic heterocycles. The van der Waals surface area contributed by atoms with Gasteiger partial charge in [-0.25, -0.2) is 4.98 Å². The molecular weight excluding hydrogens is 284 g/mol. The van der Waals surface area contributed by atoms with Crippen LogP contribution in [0.3, 0.4) is 0 Å². The molecule has 1 heterocycles. The maximum atomic E-state index is 9.91. The highest BCUT2D eigenvalue weighted by Crippen LogP contribution is 2.18. The molecule has 2 rings (SSSR count). The highest BCUT2D eigenvalue weighted by Gasteiger charge is 2.07. The van der Waals surface area contributed by atoms with Crippen LogP contribution in [0.25, 0.3) is 0 Å². The minimum absolute atomic E-state index is 0.230. The van der Waals surface area contributed by atoms with Crippen LogP contribution >= 0.6 is 11.8 Å². The van der Waals surface area contributed by atoms with E-state index < -0.39 is 6.10 Å². The molecule has 0 radical (unpaired) electrons. The lowest BCUT2D eigenvalue weighted by Crippen LogP contribution is -2.20. The topological polar surface area (TPSA) is 66.1 Å². The molecule has 0 saturated heterocycles. The first-order valence-corrected chi connectivity index (χ1v) is 7.52. The average Bonchev–Trinajstić information content (AvgIpc) is 2.52. The molecule has 1 unspecified atom stereocenters. The number of pyridine rings is 1. The summed E-state index contributed by atoms with van der Waals surface area (Å²) >= 11 is 1.40. The Hall–Kier alpha value is -2.03. The third kappa shape index (κ3) is 5.10. The Morgan fingerprint density at radius 3 is 2.81 bits per heavy atom. The van der Waals surface area contributed by atoms with Crippen LogP contribution in [0.1, 0.15) is 11.1 Å². The number of aryl methyl sites for hydroxylation is 1. The molecule has 0 spiro atoms. The van der Waals surface area contributed by atoms with Crippen LogP contribution in [-0.4, -0.2) is 28.6 Å². The maximum Gasteiger partial charge on any atom is 0.119 e. The van der Waals surface area contributed by atoms with Gasteiger partial charge in [-0.05, 0) is 31.2 Å². The van der Waals surface area contributed by atoms with Gasteiger partial charge in [-0.15, -0.1) is 11.8 Å². The van der Waals surface area contributed by atoms with Gasteiger partial charge in [-0.1, -0.05) is 17.7 Å². The molecule has 0 amide bonds. The van der Waals surface area contributed by atoms with E-state index in [1.807, 2.05) is 31.2 Å². The van der Waals surface area contributed by atoms with E-state index in [-0.39, 0.29) is 6.61 Å². The number of aliphatic hydroxyl groups excluding tert-OH is 1. The van der Waals surface area contributed by atoms with Crippen molar-refractivity contribution in [1.29, 1.82) is 5.26 Å². The van der Waals surface area contributed by atoms with E-state index in [1.54, 1.807) is 18.3 Å². The van der Waals surface area contributed by atoms with Crippen molar-refractivity contribution in [2.75, 3.05) is 12.4 Å². The highest BCUT2D eigenvalue weighted by atomic mass is 32.2. The molecule has 2 aromatic rings. The summed E-state index contributed by atoms with van der Waals surface area (Å²) in [5.41, 5.74) is 1.74. The smallest absolute Gasteiger partial charge is 0.119 e. The normalized spacial score (nSPS) is 11.7. The number of hydrogen-bond donors (Lipinski definition) is 1. The lowest BCUT2D eigenvalue weighted by Gasteiger charge is -2.12. The Kier molecular flexibility index (Phi) is 5.61. The molecule has 21 heavy (non-hydrogen) atoms. The van der Waals surface area contributed by atoms with Crippen LogP contribution in [0, 0.1) is 18.3 Å². The van der Waals surface area contributed by atoms with Crippen LogP contribution in [0.15, 0.2) is 47.6 Å². The van der Waals surface area contributed by atoms with Crippen molar-refractivity contribution in [3.8, 4) is 11.8 Å². The summed E-state index contributed by atoms with van der Waals surface area (Å²) in [5.74, 6) is 1.21. The minimum Gasteiger partial charge on any atom is -0.491 e. The van der Waals surface area contributed by atoms with Crippen molar-refractivity contribution in [2.45, 2.75) is 18.1 Å². The summed E-state index contributed by atoms with van der Waals surface area (Å²) in [6.45, 7) is 2.24. The van der Waals surface area contributed by atoms with E-state index in [0.29, 0.717) is 11.3 Å². The molecule has 1 atom stereocenters. The third-order valence-corrected chi connectivity index (χ3v) is 3.82. The van der Waals surface area contributed by atoms with Crippen molar-refractivity contribution < 1.29 is 9.84 Å². The van der Waals surface area contributed by atoms with Gasteiger partial charge in [-0.3, -0.25) is 0 Å². The summed E-state index contributed by atoms with van der Waals surface area (Å²) in [7, 11) is 0. The van der Waals surface area contributed by atoms with E-state index in [1.165, 1.54) is 17.3 Å². The first-order valence-electron chi connectivity index (χ1n) is 6.54. The van der Waals surface area contributed by atoms with Crippen molar-refractivity contribution in [2.24, 2.45) is 0 Å². The number of aromatic nitrogens is 1. The van der Waals surface area contributed by atoms with Gasteiger partial charge in [0.25, 0.3) is 0 Å². The number of nitrogens with zero attached hydrogens (tertiary/aromatic N) is 2. The molecule has 5 heteroatoms. The summed E-state index contributed by atoms with van der Waals surface area (Å²) < 4.78 is 5.52. The first kappa shape index (κ1) is 15.4. The zero-order chi connectivity index (χ0) is 15.1. The van der Waals surface area contributed by atoms with Crippen molar-refractivity contribution >= 4 is 11.8 Å². The van der Waals surface area contributed by atoms with Gasteiger partial charge in [0.05, 0.1) is 22.8 Å². The zero-order valence-electron chi connectivity index (χ0n) is 11.7. The van der Waals surface area contributed by atoms with E-state index in [2.05, 4.69) is 11.1 Å².